The van der Waals surface area contributed by atoms with Crippen LogP contribution in [0.25, 0.3) is 0 Å². The van der Waals surface area contributed by atoms with Crippen molar-refractivity contribution in [2.24, 2.45) is 0 Å². The highest BCUT2D eigenvalue weighted by Gasteiger charge is 2.12. The van der Waals surface area contributed by atoms with Crippen molar-refractivity contribution >= 4 is 23.2 Å². The van der Waals surface area contributed by atoms with E-state index in [1.54, 1.807) is 0 Å². The summed E-state index contributed by atoms with van der Waals surface area (Å²) in [6, 6.07) is 1.25. The summed E-state index contributed by atoms with van der Waals surface area (Å²) >= 11 is 1.13. The quantitative estimate of drug-likeness (QED) is 0.752. The SMILES string of the molecule is O=C(O)c1csc(CNC(=O)c2c[nH]ccc2=O)n1. The summed E-state index contributed by atoms with van der Waals surface area (Å²) in [5.41, 5.74) is -0.453. The standard InChI is InChI=1S/C11H9N3O4S/c15-8-1-2-12-3-6(8)10(16)13-4-9-14-7(5-19-9)11(17)18/h1-3,5H,4H2,(H,12,15)(H,13,16)(H,17,18). The Morgan fingerprint density at radius 3 is 2.89 bits per heavy atom. The first-order chi connectivity index (χ1) is 9.08. The minimum Gasteiger partial charge on any atom is -0.476 e. The summed E-state index contributed by atoms with van der Waals surface area (Å²) in [4.78, 5) is 40.2. The molecule has 8 heteroatoms. The van der Waals surface area contributed by atoms with Gasteiger partial charge in [-0.05, 0) is 0 Å². The molecule has 0 radical (unpaired) electrons. The van der Waals surface area contributed by atoms with E-state index in [2.05, 4.69) is 15.3 Å². The number of hydrogen-bond acceptors (Lipinski definition) is 5. The normalized spacial score (nSPS) is 10.1. The first kappa shape index (κ1) is 13.0. The van der Waals surface area contributed by atoms with Crippen LogP contribution in [0.3, 0.4) is 0 Å². The molecule has 3 N–H and O–H groups in total. The number of aromatic carboxylic acids is 1. The zero-order valence-electron chi connectivity index (χ0n) is 9.54. The van der Waals surface area contributed by atoms with Crippen LogP contribution < -0.4 is 10.7 Å². The first-order valence-electron chi connectivity index (χ1n) is 5.21. The third kappa shape index (κ3) is 3.05. The first-order valence-corrected chi connectivity index (χ1v) is 6.09. The molecule has 0 saturated carbocycles. The molecule has 0 aliphatic rings. The van der Waals surface area contributed by atoms with E-state index < -0.39 is 11.9 Å². The Labute approximate surface area is 110 Å². The second kappa shape index (κ2) is 5.44. The van der Waals surface area contributed by atoms with Gasteiger partial charge in [0.05, 0.1) is 6.54 Å². The predicted molar refractivity (Wildman–Crippen MR) is 67.3 cm³/mol. The minimum absolute atomic E-state index is 0.00230. The van der Waals surface area contributed by atoms with Gasteiger partial charge in [-0.25, -0.2) is 9.78 Å². The molecule has 19 heavy (non-hydrogen) atoms. The number of thiazole rings is 1. The number of hydrogen-bond donors (Lipinski definition) is 3. The molecule has 0 saturated heterocycles. The van der Waals surface area contributed by atoms with E-state index >= 15 is 0 Å². The van der Waals surface area contributed by atoms with Gasteiger partial charge in [-0.15, -0.1) is 11.3 Å². The number of aromatic nitrogens is 2. The van der Waals surface area contributed by atoms with Crippen molar-refractivity contribution in [1.29, 1.82) is 0 Å². The molecule has 98 valence electrons. The van der Waals surface area contributed by atoms with Crippen LogP contribution in [0.1, 0.15) is 25.9 Å². The molecule has 1 amide bonds. The van der Waals surface area contributed by atoms with Crippen molar-refractivity contribution in [1.82, 2.24) is 15.3 Å². The average Bonchev–Trinajstić information content (AvgIpc) is 2.85. The van der Waals surface area contributed by atoms with Crippen LogP contribution in [0.2, 0.25) is 0 Å². The Kier molecular flexibility index (Phi) is 3.71. The summed E-state index contributed by atoms with van der Waals surface area (Å²) in [6.07, 6.45) is 2.74. The smallest absolute Gasteiger partial charge is 0.355 e. The third-order valence-corrected chi connectivity index (χ3v) is 3.09. The van der Waals surface area contributed by atoms with Crippen molar-refractivity contribution in [3.05, 3.63) is 50.3 Å². The Morgan fingerprint density at radius 1 is 1.47 bits per heavy atom. The Morgan fingerprint density at radius 2 is 2.26 bits per heavy atom. The Balaban J connectivity index is 2.02. The highest BCUT2D eigenvalue weighted by Crippen LogP contribution is 2.09. The molecule has 0 unspecified atom stereocenters. The van der Waals surface area contributed by atoms with Crippen molar-refractivity contribution in [3.63, 3.8) is 0 Å². The molecule has 0 aliphatic heterocycles. The van der Waals surface area contributed by atoms with Gasteiger partial charge in [0.15, 0.2) is 11.1 Å². The predicted octanol–water partition coefficient (Wildman–Crippen LogP) is 0.460. The number of carboxylic acid groups (broad SMARTS) is 1. The highest BCUT2D eigenvalue weighted by atomic mass is 32.1. The lowest BCUT2D eigenvalue weighted by atomic mass is 10.2. The summed E-state index contributed by atoms with van der Waals surface area (Å²) in [5.74, 6) is -1.65. The van der Waals surface area contributed by atoms with Gasteiger partial charge < -0.3 is 15.4 Å². The monoisotopic (exact) mass is 279 g/mol. The molecule has 0 spiro atoms. The largest absolute Gasteiger partial charge is 0.476 e. The number of carbonyl (C=O) groups excluding carboxylic acids is 1. The van der Waals surface area contributed by atoms with Gasteiger partial charge in [-0.1, -0.05) is 0 Å². The van der Waals surface area contributed by atoms with E-state index in [0.717, 1.165) is 11.3 Å². The molecule has 0 bridgehead atoms. The van der Waals surface area contributed by atoms with Gasteiger partial charge in [0.25, 0.3) is 5.91 Å². The maximum atomic E-state index is 11.7. The summed E-state index contributed by atoms with van der Waals surface area (Å²) in [7, 11) is 0. The van der Waals surface area contributed by atoms with E-state index in [0.29, 0.717) is 5.01 Å². The molecule has 7 nitrogen and oxygen atoms in total. The number of H-pyrrole nitrogens is 1. The van der Waals surface area contributed by atoms with E-state index in [4.69, 9.17) is 5.11 Å². The van der Waals surface area contributed by atoms with Crippen LogP contribution in [-0.2, 0) is 6.54 Å². The molecule has 0 aliphatic carbocycles. The molecule has 2 rings (SSSR count). The Hall–Kier alpha value is -2.48. The fourth-order valence-corrected chi connectivity index (χ4v) is 2.04. The second-order valence-electron chi connectivity index (χ2n) is 3.54. The van der Waals surface area contributed by atoms with Crippen LogP contribution in [0.15, 0.2) is 28.6 Å². The molecule has 2 aromatic rings. The van der Waals surface area contributed by atoms with Crippen LogP contribution in [0, 0.1) is 0 Å². The van der Waals surface area contributed by atoms with Gasteiger partial charge in [0.2, 0.25) is 0 Å². The maximum Gasteiger partial charge on any atom is 0.355 e. The number of amides is 1. The summed E-state index contributed by atoms with van der Waals surface area (Å²) in [5, 5.41) is 13.1. The zero-order valence-corrected chi connectivity index (χ0v) is 10.4. The fraction of sp³-hybridized carbons (Fsp3) is 0.0909. The molecular weight excluding hydrogens is 270 g/mol. The number of carboxylic acids is 1. The number of nitrogens with zero attached hydrogens (tertiary/aromatic N) is 1. The zero-order chi connectivity index (χ0) is 13.8. The summed E-state index contributed by atoms with van der Waals surface area (Å²) in [6.45, 7) is 0.0745. The van der Waals surface area contributed by atoms with E-state index in [1.807, 2.05) is 0 Å². The molecular formula is C11H9N3O4S. The fourth-order valence-electron chi connectivity index (χ4n) is 1.34. The van der Waals surface area contributed by atoms with E-state index in [1.165, 1.54) is 23.8 Å². The topological polar surface area (TPSA) is 112 Å². The number of rotatable bonds is 4. The van der Waals surface area contributed by atoms with Crippen LogP contribution in [0.5, 0.6) is 0 Å². The third-order valence-electron chi connectivity index (χ3n) is 2.24. The van der Waals surface area contributed by atoms with Crippen molar-refractivity contribution < 1.29 is 14.7 Å². The van der Waals surface area contributed by atoms with E-state index in [-0.39, 0.29) is 23.2 Å². The molecule has 0 fully saturated rings. The average molecular weight is 279 g/mol. The van der Waals surface area contributed by atoms with Crippen LogP contribution in [0.4, 0.5) is 0 Å². The van der Waals surface area contributed by atoms with Gasteiger partial charge in [-0.2, -0.15) is 0 Å². The van der Waals surface area contributed by atoms with E-state index in [9.17, 15) is 14.4 Å². The van der Waals surface area contributed by atoms with Crippen LogP contribution >= 0.6 is 11.3 Å². The molecule has 2 heterocycles. The Bertz CT molecular complexity index is 676. The van der Waals surface area contributed by atoms with Crippen molar-refractivity contribution in [3.8, 4) is 0 Å². The van der Waals surface area contributed by atoms with Crippen molar-refractivity contribution in [2.75, 3.05) is 0 Å². The van der Waals surface area contributed by atoms with Gasteiger partial charge in [0, 0.05) is 23.8 Å². The lowest BCUT2D eigenvalue weighted by molar-refractivity contribution is 0.0691. The molecule has 0 atom stereocenters. The lowest BCUT2D eigenvalue weighted by Gasteiger charge is -2.01. The number of carbonyl (C=O) groups is 2. The molecule has 2 aromatic heterocycles. The minimum atomic E-state index is -1.12. The van der Waals surface area contributed by atoms with Gasteiger partial charge in [0.1, 0.15) is 10.6 Å². The number of nitrogens with one attached hydrogen (secondary N) is 2. The van der Waals surface area contributed by atoms with Crippen molar-refractivity contribution in [2.45, 2.75) is 6.54 Å². The maximum absolute atomic E-state index is 11.7. The highest BCUT2D eigenvalue weighted by molar-refractivity contribution is 7.09. The van der Waals surface area contributed by atoms with Gasteiger partial charge in [-0.3, -0.25) is 9.59 Å². The molecule has 0 aromatic carbocycles. The number of pyridine rings is 1. The van der Waals surface area contributed by atoms with Gasteiger partial charge >= 0.3 is 5.97 Å². The van der Waals surface area contributed by atoms with Crippen LogP contribution in [-0.4, -0.2) is 27.0 Å². The second-order valence-corrected chi connectivity index (χ2v) is 4.48. The lowest BCUT2D eigenvalue weighted by Crippen LogP contribution is -2.27. The number of aromatic amines is 1. The summed E-state index contributed by atoms with van der Waals surface area (Å²) < 4.78 is 0.